The SMILES string of the molecule is NC(=O)c1cccc(-c2c[nH]c3ncc(Br)cc23)c1. The van der Waals surface area contributed by atoms with Crippen molar-refractivity contribution in [1.82, 2.24) is 9.97 Å². The van der Waals surface area contributed by atoms with Crippen LogP contribution in [0, 0.1) is 0 Å². The first-order valence-electron chi connectivity index (χ1n) is 5.68. The number of hydrogen-bond acceptors (Lipinski definition) is 2. The molecule has 4 nitrogen and oxygen atoms in total. The lowest BCUT2D eigenvalue weighted by Gasteiger charge is -2.02. The van der Waals surface area contributed by atoms with E-state index < -0.39 is 5.91 Å². The number of pyridine rings is 1. The molecular weight excluding hydrogens is 306 g/mol. The summed E-state index contributed by atoms with van der Waals surface area (Å²) in [6, 6.07) is 9.24. The highest BCUT2D eigenvalue weighted by Crippen LogP contribution is 2.29. The molecule has 94 valence electrons. The van der Waals surface area contributed by atoms with E-state index in [4.69, 9.17) is 5.73 Å². The molecule has 0 aliphatic carbocycles. The Bertz CT molecular complexity index is 779. The summed E-state index contributed by atoms with van der Waals surface area (Å²) in [5.74, 6) is -0.430. The minimum atomic E-state index is -0.430. The van der Waals surface area contributed by atoms with Crippen molar-refractivity contribution in [3.8, 4) is 11.1 Å². The number of nitrogens with two attached hydrogens (primary N) is 1. The van der Waals surface area contributed by atoms with E-state index in [-0.39, 0.29) is 0 Å². The van der Waals surface area contributed by atoms with Crippen molar-refractivity contribution in [2.45, 2.75) is 0 Å². The number of rotatable bonds is 2. The fourth-order valence-electron chi connectivity index (χ4n) is 2.06. The Morgan fingerprint density at radius 3 is 2.95 bits per heavy atom. The topological polar surface area (TPSA) is 71.8 Å². The lowest BCUT2D eigenvalue weighted by atomic mass is 10.0. The number of benzene rings is 1. The average molecular weight is 316 g/mol. The predicted molar refractivity (Wildman–Crippen MR) is 77.7 cm³/mol. The average Bonchev–Trinajstić information content (AvgIpc) is 2.81. The van der Waals surface area contributed by atoms with Crippen molar-refractivity contribution in [2.75, 3.05) is 0 Å². The van der Waals surface area contributed by atoms with Crippen LogP contribution in [0.5, 0.6) is 0 Å². The van der Waals surface area contributed by atoms with E-state index >= 15 is 0 Å². The van der Waals surface area contributed by atoms with Crippen LogP contribution < -0.4 is 5.73 Å². The number of hydrogen-bond donors (Lipinski definition) is 2. The zero-order valence-electron chi connectivity index (χ0n) is 9.85. The molecule has 0 fully saturated rings. The predicted octanol–water partition coefficient (Wildman–Crippen LogP) is 3.09. The first-order valence-corrected chi connectivity index (χ1v) is 6.47. The summed E-state index contributed by atoms with van der Waals surface area (Å²) in [5.41, 5.74) is 8.53. The maximum atomic E-state index is 11.2. The monoisotopic (exact) mass is 315 g/mol. The van der Waals surface area contributed by atoms with E-state index in [2.05, 4.69) is 25.9 Å². The van der Waals surface area contributed by atoms with Gasteiger partial charge in [0.15, 0.2) is 0 Å². The van der Waals surface area contributed by atoms with Crippen LogP contribution in [-0.2, 0) is 0 Å². The van der Waals surface area contributed by atoms with Gasteiger partial charge in [-0.3, -0.25) is 4.79 Å². The minimum Gasteiger partial charge on any atom is -0.366 e. The van der Waals surface area contributed by atoms with Crippen molar-refractivity contribution in [3.05, 3.63) is 52.8 Å². The molecule has 3 aromatic rings. The number of aromatic amines is 1. The standard InChI is InChI=1S/C14H10BrN3O/c15-10-5-11-12(7-18-14(11)17-6-10)8-2-1-3-9(4-8)13(16)19/h1-7H,(H2,16,19)(H,17,18). The maximum absolute atomic E-state index is 11.2. The van der Waals surface area contributed by atoms with E-state index in [0.29, 0.717) is 5.56 Å². The molecule has 5 heteroatoms. The summed E-state index contributed by atoms with van der Waals surface area (Å²) in [4.78, 5) is 18.6. The van der Waals surface area contributed by atoms with E-state index in [0.717, 1.165) is 26.6 Å². The number of halogens is 1. The van der Waals surface area contributed by atoms with Crippen LogP contribution >= 0.6 is 15.9 Å². The molecule has 0 unspecified atom stereocenters. The number of H-pyrrole nitrogens is 1. The summed E-state index contributed by atoms with van der Waals surface area (Å²) < 4.78 is 0.909. The zero-order valence-corrected chi connectivity index (χ0v) is 11.4. The Morgan fingerprint density at radius 1 is 1.32 bits per heavy atom. The van der Waals surface area contributed by atoms with Gasteiger partial charge in [-0.1, -0.05) is 12.1 Å². The molecule has 1 aromatic carbocycles. The Balaban J connectivity index is 2.21. The molecule has 0 bridgehead atoms. The van der Waals surface area contributed by atoms with Gasteiger partial charge in [0, 0.05) is 33.4 Å². The molecule has 0 atom stereocenters. The number of nitrogens with zero attached hydrogens (tertiary/aromatic N) is 1. The quantitative estimate of drug-likeness (QED) is 0.762. The first kappa shape index (κ1) is 11.9. The van der Waals surface area contributed by atoms with Crippen molar-refractivity contribution in [3.63, 3.8) is 0 Å². The summed E-state index contributed by atoms with van der Waals surface area (Å²) >= 11 is 3.41. The summed E-state index contributed by atoms with van der Waals surface area (Å²) in [6.45, 7) is 0. The van der Waals surface area contributed by atoms with Crippen LogP contribution in [0.3, 0.4) is 0 Å². The van der Waals surface area contributed by atoms with Gasteiger partial charge in [0.2, 0.25) is 5.91 Å². The summed E-state index contributed by atoms with van der Waals surface area (Å²) in [7, 11) is 0. The normalized spacial score (nSPS) is 10.8. The molecule has 1 amide bonds. The Hall–Kier alpha value is -2.14. The van der Waals surface area contributed by atoms with Gasteiger partial charge in [-0.15, -0.1) is 0 Å². The fraction of sp³-hybridized carbons (Fsp3) is 0. The number of fused-ring (bicyclic) bond motifs is 1. The summed E-state index contributed by atoms with van der Waals surface area (Å²) in [6.07, 6.45) is 3.62. The molecule has 0 spiro atoms. The third kappa shape index (κ3) is 2.13. The van der Waals surface area contributed by atoms with Gasteiger partial charge in [0.05, 0.1) is 0 Å². The van der Waals surface area contributed by atoms with Gasteiger partial charge in [-0.2, -0.15) is 0 Å². The van der Waals surface area contributed by atoms with Crippen LogP contribution in [0.2, 0.25) is 0 Å². The maximum Gasteiger partial charge on any atom is 0.248 e. The molecule has 2 heterocycles. The van der Waals surface area contributed by atoms with Gasteiger partial charge in [-0.05, 0) is 39.7 Å². The van der Waals surface area contributed by atoms with Crippen molar-refractivity contribution >= 4 is 32.9 Å². The molecule has 2 aromatic heterocycles. The highest BCUT2D eigenvalue weighted by molar-refractivity contribution is 9.10. The Kier molecular flexibility index (Phi) is 2.83. The van der Waals surface area contributed by atoms with E-state index in [1.165, 1.54) is 0 Å². The number of primary amides is 1. The van der Waals surface area contributed by atoms with Crippen molar-refractivity contribution < 1.29 is 4.79 Å². The van der Waals surface area contributed by atoms with Gasteiger partial charge in [0.1, 0.15) is 5.65 Å². The number of amides is 1. The second kappa shape index (κ2) is 4.51. The van der Waals surface area contributed by atoms with E-state index in [9.17, 15) is 4.79 Å². The van der Waals surface area contributed by atoms with Gasteiger partial charge in [0.25, 0.3) is 0 Å². The van der Waals surface area contributed by atoms with Crippen LogP contribution in [0.4, 0.5) is 0 Å². The molecule has 0 saturated carbocycles. The third-order valence-electron chi connectivity index (χ3n) is 2.96. The second-order valence-electron chi connectivity index (χ2n) is 4.20. The Morgan fingerprint density at radius 2 is 2.16 bits per heavy atom. The number of carbonyl (C=O) groups is 1. The number of nitrogens with one attached hydrogen (secondary N) is 1. The molecule has 3 N–H and O–H groups in total. The Labute approximate surface area is 117 Å². The van der Waals surface area contributed by atoms with Gasteiger partial charge in [-0.25, -0.2) is 4.98 Å². The minimum absolute atomic E-state index is 0.430. The van der Waals surface area contributed by atoms with E-state index in [1.54, 1.807) is 18.3 Å². The van der Waals surface area contributed by atoms with Crippen LogP contribution in [0.15, 0.2) is 47.2 Å². The van der Waals surface area contributed by atoms with Crippen LogP contribution in [-0.4, -0.2) is 15.9 Å². The molecule has 3 rings (SSSR count). The number of aromatic nitrogens is 2. The lowest BCUT2D eigenvalue weighted by molar-refractivity contribution is 0.100. The molecule has 0 aliphatic rings. The van der Waals surface area contributed by atoms with Crippen molar-refractivity contribution in [2.24, 2.45) is 5.73 Å². The van der Waals surface area contributed by atoms with Gasteiger partial charge >= 0.3 is 0 Å². The van der Waals surface area contributed by atoms with Crippen LogP contribution in [0.1, 0.15) is 10.4 Å². The molecule has 0 radical (unpaired) electrons. The third-order valence-corrected chi connectivity index (χ3v) is 3.39. The fourth-order valence-corrected chi connectivity index (χ4v) is 2.39. The molecule has 19 heavy (non-hydrogen) atoms. The smallest absolute Gasteiger partial charge is 0.248 e. The summed E-state index contributed by atoms with van der Waals surface area (Å²) in [5, 5.41) is 0.996. The molecule has 0 aliphatic heterocycles. The highest BCUT2D eigenvalue weighted by Gasteiger charge is 2.09. The number of carbonyl (C=O) groups excluding carboxylic acids is 1. The second-order valence-corrected chi connectivity index (χ2v) is 5.11. The molecule has 0 saturated heterocycles. The first-order chi connectivity index (χ1) is 9.15. The highest BCUT2D eigenvalue weighted by atomic mass is 79.9. The molecular formula is C14H10BrN3O. The van der Waals surface area contributed by atoms with Gasteiger partial charge < -0.3 is 10.7 Å². The lowest BCUT2D eigenvalue weighted by Crippen LogP contribution is -2.10. The van der Waals surface area contributed by atoms with E-state index in [1.807, 2.05) is 24.4 Å². The largest absolute Gasteiger partial charge is 0.366 e. The zero-order chi connectivity index (χ0) is 13.4. The van der Waals surface area contributed by atoms with Crippen LogP contribution in [0.25, 0.3) is 22.2 Å². The van der Waals surface area contributed by atoms with Crippen molar-refractivity contribution in [1.29, 1.82) is 0 Å².